The zero-order chi connectivity index (χ0) is 15.4. The molecule has 0 bridgehead atoms. The lowest BCUT2D eigenvalue weighted by molar-refractivity contribution is 0.0468. The molecule has 0 amide bonds. The van der Waals surface area contributed by atoms with E-state index >= 15 is 0 Å². The van der Waals surface area contributed by atoms with Crippen molar-refractivity contribution >= 4 is 17.3 Å². The fraction of sp³-hybridized carbons (Fsp3) is 0.176. The van der Waals surface area contributed by atoms with Gasteiger partial charge < -0.3 is 9.15 Å². The van der Waals surface area contributed by atoms with E-state index in [0.717, 1.165) is 11.3 Å². The van der Waals surface area contributed by atoms with Crippen molar-refractivity contribution in [2.75, 3.05) is 0 Å². The van der Waals surface area contributed by atoms with Gasteiger partial charge in [0.2, 0.25) is 5.89 Å². The molecule has 112 valence electrons. The smallest absolute Gasteiger partial charge is 0.338 e. The molecule has 0 aliphatic heterocycles. The monoisotopic (exact) mass is 313 g/mol. The number of aryl methyl sites for hydroxylation is 1. The average molecular weight is 313 g/mol. The zero-order valence-electron chi connectivity index (χ0n) is 12.1. The molecule has 4 nitrogen and oxygen atoms in total. The quantitative estimate of drug-likeness (QED) is 0.658. The number of ether oxygens (including phenoxy) is 1. The Morgan fingerprint density at radius 1 is 1.27 bits per heavy atom. The molecule has 0 saturated carbocycles. The van der Waals surface area contributed by atoms with Crippen molar-refractivity contribution < 1.29 is 13.9 Å². The Kier molecular flexibility index (Phi) is 4.34. The molecule has 3 aromatic rings. The second-order valence-corrected chi connectivity index (χ2v) is 5.70. The molecule has 3 rings (SSSR count). The van der Waals surface area contributed by atoms with E-state index in [4.69, 9.17) is 9.15 Å². The summed E-state index contributed by atoms with van der Waals surface area (Å²) in [4.78, 5) is 17.2. The van der Waals surface area contributed by atoms with E-state index in [2.05, 4.69) is 11.9 Å². The number of carbonyl (C=O) groups is 1. The van der Waals surface area contributed by atoms with E-state index < -0.39 is 0 Å². The first-order valence-electron chi connectivity index (χ1n) is 7.00. The van der Waals surface area contributed by atoms with Crippen LogP contribution >= 0.6 is 11.3 Å². The Morgan fingerprint density at radius 3 is 2.77 bits per heavy atom. The lowest BCUT2D eigenvalue weighted by Crippen LogP contribution is -2.05. The molecule has 0 atom stereocenters. The summed E-state index contributed by atoms with van der Waals surface area (Å²) < 4.78 is 10.6. The topological polar surface area (TPSA) is 52.3 Å². The normalized spacial score (nSPS) is 10.6. The summed E-state index contributed by atoms with van der Waals surface area (Å²) >= 11 is 1.55. The van der Waals surface area contributed by atoms with Gasteiger partial charge in [-0.2, -0.15) is 0 Å². The largest absolute Gasteiger partial charge is 0.455 e. The number of hydrogen-bond acceptors (Lipinski definition) is 5. The molecule has 1 aromatic carbocycles. The van der Waals surface area contributed by atoms with Gasteiger partial charge in [0.05, 0.1) is 10.4 Å². The van der Waals surface area contributed by atoms with Crippen LogP contribution in [0.3, 0.4) is 0 Å². The maximum Gasteiger partial charge on any atom is 0.338 e. The average Bonchev–Trinajstić information content (AvgIpc) is 3.23. The van der Waals surface area contributed by atoms with Crippen molar-refractivity contribution in [2.24, 2.45) is 0 Å². The highest BCUT2D eigenvalue weighted by atomic mass is 32.1. The maximum atomic E-state index is 12.0. The zero-order valence-corrected chi connectivity index (χ0v) is 12.9. The molecule has 0 aliphatic rings. The van der Waals surface area contributed by atoms with Crippen molar-refractivity contribution in [2.45, 2.75) is 20.0 Å². The van der Waals surface area contributed by atoms with E-state index in [-0.39, 0.29) is 12.6 Å². The highest BCUT2D eigenvalue weighted by Gasteiger charge is 2.11. The van der Waals surface area contributed by atoms with Crippen LogP contribution in [0.1, 0.15) is 28.5 Å². The minimum atomic E-state index is -0.358. The van der Waals surface area contributed by atoms with E-state index in [0.29, 0.717) is 17.1 Å². The van der Waals surface area contributed by atoms with Crippen molar-refractivity contribution in [3.63, 3.8) is 0 Å². The van der Waals surface area contributed by atoms with Gasteiger partial charge in [-0.25, -0.2) is 9.78 Å². The predicted octanol–water partition coefficient (Wildman–Crippen LogP) is 4.32. The third-order valence-corrected chi connectivity index (χ3v) is 4.09. The van der Waals surface area contributed by atoms with Crippen LogP contribution in [-0.4, -0.2) is 11.0 Å². The molecular formula is C17H15NO3S. The summed E-state index contributed by atoms with van der Waals surface area (Å²) in [5, 5.41) is 1.96. The summed E-state index contributed by atoms with van der Waals surface area (Å²) in [7, 11) is 0. The minimum Gasteiger partial charge on any atom is -0.455 e. The van der Waals surface area contributed by atoms with Crippen molar-refractivity contribution in [3.05, 3.63) is 64.9 Å². The fourth-order valence-corrected chi connectivity index (χ4v) is 2.64. The minimum absolute atomic E-state index is 0.100. The second-order valence-electron chi connectivity index (χ2n) is 4.75. The van der Waals surface area contributed by atoms with Crippen molar-refractivity contribution in [1.29, 1.82) is 0 Å². The first-order chi connectivity index (χ1) is 10.8. The third kappa shape index (κ3) is 3.26. The summed E-state index contributed by atoms with van der Waals surface area (Å²) in [5.41, 5.74) is 2.33. The Balaban J connectivity index is 1.61. The van der Waals surface area contributed by atoms with Crippen molar-refractivity contribution in [3.8, 4) is 10.8 Å². The molecule has 0 unspecified atom stereocenters. The van der Waals surface area contributed by atoms with Gasteiger partial charge >= 0.3 is 5.97 Å². The number of esters is 1. The molecule has 0 spiro atoms. The molecule has 0 N–H and O–H groups in total. The predicted molar refractivity (Wildman–Crippen MR) is 84.8 cm³/mol. The van der Waals surface area contributed by atoms with Crippen molar-refractivity contribution in [1.82, 2.24) is 4.98 Å². The molecule has 22 heavy (non-hydrogen) atoms. The number of benzene rings is 1. The molecule has 5 heteroatoms. The second kappa shape index (κ2) is 6.58. The summed E-state index contributed by atoms with van der Waals surface area (Å²) in [5.74, 6) is 0.191. The number of thiophene rings is 1. The SMILES string of the molecule is CCc1ccc(C(=O)OCc2coc(-c3cccs3)n2)cc1. The number of hydrogen-bond donors (Lipinski definition) is 0. The van der Waals surface area contributed by atoms with Gasteiger partial charge in [0.15, 0.2) is 0 Å². The van der Waals surface area contributed by atoms with Crippen LogP contribution in [0.25, 0.3) is 10.8 Å². The summed E-state index contributed by atoms with van der Waals surface area (Å²) in [6.07, 6.45) is 2.46. The molecule has 0 radical (unpaired) electrons. The summed E-state index contributed by atoms with van der Waals surface area (Å²) in [6.45, 7) is 2.17. The lowest BCUT2D eigenvalue weighted by atomic mass is 10.1. The molecular weight excluding hydrogens is 298 g/mol. The van der Waals surface area contributed by atoms with Gasteiger partial charge in [-0.3, -0.25) is 0 Å². The van der Waals surface area contributed by atoms with Gasteiger partial charge in [0, 0.05) is 0 Å². The summed E-state index contributed by atoms with van der Waals surface area (Å²) in [6, 6.07) is 11.3. The van der Waals surface area contributed by atoms with E-state index in [1.54, 1.807) is 23.5 Å². The number of carbonyl (C=O) groups excluding carboxylic acids is 1. The highest BCUT2D eigenvalue weighted by molar-refractivity contribution is 7.13. The third-order valence-electron chi connectivity index (χ3n) is 3.23. The number of oxazole rings is 1. The van der Waals surface area contributed by atoms with Gasteiger partial charge in [-0.05, 0) is 35.6 Å². The van der Waals surface area contributed by atoms with Crippen LogP contribution in [0, 0.1) is 0 Å². The standard InChI is InChI=1S/C17H15NO3S/c1-2-12-5-7-13(8-6-12)17(19)21-11-14-10-20-16(18-14)15-4-3-9-22-15/h3-10H,2,11H2,1H3. The van der Waals surface area contributed by atoms with Crippen LogP contribution in [0.4, 0.5) is 0 Å². The Bertz CT molecular complexity index is 745. The van der Waals surface area contributed by atoms with E-state index in [1.807, 2.05) is 29.6 Å². The van der Waals surface area contributed by atoms with E-state index in [9.17, 15) is 4.79 Å². The molecule has 0 aliphatic carbocycles. The number of nitrogens with zero attached hydrogens (tertiary/aromatic N) is 1. The Labute approximate surface area is 132 Å². The van der Waals surface area contributed by atoms with Crippen LogP contribution in [0.2, 0.25) is 0 Å². The van der Waals surface area contributed by atoms with Gasteiger partial charge in [-0.15, -0.1) is 11.3 Å². The van der Waals surface area contributed by atoms with Crippen LogP contribution in [-0.2, 0) is 17.8 Å². The van der Waals surface area contributed by atoms with Gasteiger partial charge in [0.25, 0.3) is 0 Å². The lowest BCUT2D eigenvalue weighted by Gasteiger charge is -2.03. The number of rotatable bonds is 5. The Hall–Kier alpha value is -2.40. The van der Waals surface area contributed by atoms with Gasteiger partial charge in [0.1, 0.15) is 18.6 Å². The molecule has 0 saturated heterocycles. The van der Waals surface area contributed by atoms with Gasteiger partial charge in [-0.1, -0.05) is 25.1 Å². The molecule has 2 aromatic heterocycles. The van der Waals surface area contributed by atoms with Crippen LogP contribution in [0.5, 0.6) is 0 Å². The van der Waals surface area contributed by atoms with Crippen LogP contribution < -0.4 is 0 Å². The maximum absolute atomic E-state index is 12.0. The molecule has 0 fully saturated rings. The fourth-order valence-electron chi connectivity index (χ4n) is 1.99. The van der Waals surface area contributed by atoms with E-state index in [1.165, 1.54) is 11.8 Å². The van der Waals surface area contributed by atoms with Crippen LogP contribution in [0.15, 0.2) is 52.5 Å². The highest BCUT2D eigenvalue weighted by Crippen LogP contribution is 2.23. The first-order valence-corrected chi connectivity index (χ1v) is 7.88. The first kappa shape index (κ1) is 14.5. The molecule has 2 heterocycles. The Morgan fingerprint density at radius 2 is 2.09 bits per heavy atom. The number of aromatic nitrogens is 1.